The van der Waals surface area contributed by atoms with Crippen molar-refractivity contribution in [2.45, 2.75) is 44.9 Å². The van der Waals surface area contributed by atoms with Crippen LogP contribution in [0.25, 0.3) is 33.1 Å². The van der Waals surface area contributed by atoms with Gasteiger partial charge in [0.2, 0.25) is 0 Å². The van der Waals surface area contributed by atoms with Crippen LogP contribution in [0.3, 0.4) is 0 Å². The minimum atomic E-state index is 1.02. The van der Waals surface area contributed by atoms with Gasteiger partial charge < -0.3 is 9.47 Å². The van der Waals surface area contributed by atoms with Gasteiger partial charge in [0.05, 0.1) is 11.0 Å². The second-order valence-electron chi connectivity index (χ2n) is 11.2. The van der Waals surface area contributed by atoms with Crippen LogP contribution >= 0.6 is 0 Å². The number of benzene rings is 4. The van der Waals surface area contributed by atoms with Crippen LogP contribution in [0.1, 0.15) is 48.8 Å². The lowest BCUT2D eigenvalue weighted by Crippen LogP contribution is -2.25. The summed E-state index contributed by atoms with van der Waals surface area (Å²) in [5, 5.41) is 2.62. The number of para-hydroxylation sites is 3. The largest absolute Gasteiger partial charge is 0.341 e. The third-order valence-corrected chi connectivity index (χ3v) is 8.66. The van der Waals surface area contributed by atoms with Crippen LogP contribution in [0.2, 0.25) is 0 Å². The van der Waals surface area contributed by atoms with E-state index in [4.69, 9.17) is 0 Å². The van der Waals surface area contributed by atoms with Gasteiger partial charge in [-0.3, -0.25) is 0 Å². The lowest BCUT2D eigenvalue weighted by molar-refractivity contribution is 0.728. The van der Waals surface area contributed by atoms with E-state index in [0.717, 1.165) is 38.6 Å². The lowest BCUT2D eigenvalue weighted by atomic mass is 9.95. The molecule has 1 aromatic heterocycles. The van der Waals surface area contributed by atoms with Crippen LogP contribution in [0, 0.1) is 0 Å². The zero-order valence-electron chi connectivity index (χ0n) is 23.2. The average Bonchev–Trinajstić information content (AvgIpc) is 3.33. The number of hydrogen-bond donors (Lipinski definition) is 0. The molecule has 0 unspecified atom stereocenters. The minimum absolute atomic E-state index is 1.02. The highest BCUT2D eigenvalue weighted by atomic mass is 15.1. The molecule has 1 aliphatic heterocycles. The maximum atomic E-state index is 4.42. The smallest absolute Gasteiger partial charge is 0.0541 e. The van der Waals surface area contributed by atoms with Crippen molar-refractivity contribution in [1.29, 1.82) is 0 Å². The van der Waals surface area contributed by atoms with Crippen molar-refractivity contribution in [1.82, 2.24) is 4.57 Å². The van der Waals surface area contributed by atoms with Crippen molar-refractivity contribution >= 4 is 33.1 Å². The standard InChI is InChI=1S/C38H36N2/c1-28-13-10-11-26-39(36-21-7-4-18-33(28)36)31-16-3-2-14-29-24-25-32(27-30(29)15-12-17-31)40-37-22-8-5-19-34(37)35-20-6-9-23-38(35)40/h3-9,16-25,27H,1-2,10-15,26H2/b16-3-,31-17+. The molecular weight excluding hydrogens is 484 g/mol. The topological polar surface area (TPSA) is 8.17 Å². The number of aromatic nitrogens is 1. The number of rotatable bonds is 2. The SMILES string of the molecule is C=C1CCCCN(C2=C/CCc3cc(-n4c5ccccc5c5ccccc54)ccc3CC/C=C\2)c2ccccc21. The van der Waals surface area contributed by atoms with Crippen LogP contribution in [0.15, 0.2) is 121 Å². The predicted octanol–water partition coefficient (Wildman–Crippen LogP) is 9.81. The monoisotopic (exact) mass is 520 g/mol. The first-order valence-corrected chi connectivity index (χ1v) is 14.8. The molecule has 7 rings (SSSR count). The van der Waals surface area contributed by atoms with Gasteiger partial charge in [0, 0.05) is 40.0 Å². The molecule has 0 saturated carbocycles. The molecule has 0 spiro atoms. The molecule has 0 atom stereocenters. The summed E-state index contributed by atoms with van der Waals surface area (Å²) in [6, 6.07) is 33.5. The van der Waals surface area contributed by atoms with Crippen LogP contribution in [-0.2, 0) is 12.8 Å². The van der Waals surface area contributed by atoms with Crippen molar-refractivity contribution in [3.63, 3.8) is 0 Å². The Bertz CT molecular complexity index is 1730. The number of nitrogens with zero attached hydrogens (tertiary/aromatic N) is 2. The molecule has 0 saturated heterocycles. The molecule has 0 bridgehead atoms. The maximum absolute atomic E-state index is 4.42. The second kappa shape index (κ2) is 10.7. The first-order chi connectivity index (χ1) is 19.8. The number of hydrogen-bond acceptors (Lipinski definition) is 1. The molecular formula is C38H36N2. The first-order valence-electron chi connectivity index (χ1n) is 14.8. The Kier molecular flexibility index (Phi) is 6.61. The van der Waals surface area contributed by atoms with E-state index in [2.05, 4.69) is 125 Å². The summed E-state index contributed by atoms with van der Waals surface area (Å²) in [5.74, 6) is 0. The molecule has 40 heavy (non-hydrogen) atoms. The number of fused-ring (bicyclic) bond motifs is 5. The van der Waals surface area contributed by atoms with Crippen molar-refractivity contribution < 1.29 is 0 Å². The molecule has 0 fully saturated rings. The summed E-state index contributed by atoms with van der Waals surface area (Å²) in [6.45, 7) is 5.47. The molecule has 1 aliphatic carbocycles. The van der Waals surface area contributed by atoms with Gasteiger partial charge in [0.25, 0.3) is 0 Å². The average molecular weight is 521 g/mol. The van der Waals surface area contributed by atoms with E-state index in [-0.39, 0.29) is 0 Å². The van der Waals surface area contributed by atoms with E-state index in [1.54, 1.807) is 0 Å². The van der Waals surface area contributed by atoms with Crippen LogP contribution in [0.4, 0.5) is 5.69 Å². The highest BCUT2D eigenvalue weighted by Crippen LogP contribution is 2.35. The van der Waals surface area contributed by atoms with Gasteiger partial charge >= 0.3 is 0 Å². The van der Waals surface area contributed by atoms with Crippen LogP contribution < -0.4 is 4.90 Å². The Labute approximate surface area is 237 Å². The van der Waals surface area contributed by atoms with E-state index in [0.29, 0.717) is 0 Å². The Morgan fingerprint density at radius 1 is 0.650 bits per heavy atom. The zero-order valence-corrected chi connectivity index (χ0v) is 23.2. The summed E-state index contributed by atoms with van der Waals surface area (Å²) in [7, 11) is 0. The third kappa shape index (κ3) is 4.48. The van der Waals surface area contributed by atoms with E-state index in [1.807, 2.05) is 0 Å². The Hall–Kier alpha value is -4.30. The molecule has 198 valence electrons. The quantitative estimate of drug-likeness (QED) is 0.225. The fraction of sp³-hybridized carbons (Fsp3) is 0.211. The zero-order chi connectivity index (χ0) is 26.9. The Morgan fingerprint density at radius 2 is 1.38 bits per heavy atom. The van der Waals surface area contributed by atoms with Gasteiger partial charge in [0.15, 0.2) is 0 Å². The molecule has 5 aromatic rings. The number of aryl methyl sites for hydroxylation is 2. The fourth-order valence-corrected chi connectivity index (χ4v) is 6.66. The number of allylic oxidation sites excluding steroid dienone is 4. The highest BCUT2D eigenvalue weighted by molar-refractivity contribution is 6.09. The summed E-state index contributed by atoms with van der Waals surface area (Å²) < 4.78 is 2.44. The van der Waals surface area contributed by atoms with E-state index in [9.17, 15) is 0 Å². The molecule has 2 heteroatoms. The van der Waals surface area contributed by atoms with Gasteiger partial charge in [-0.05, 0) is 98.1 Å². The lowest BCUT2D eigenvalue weighted by Gasteiger charge is -2.31. The van der Waals surface area contributed by atoms with Gasteiger partial charge in [-0.15, -0.1) is 0 Å². The fourth-order valence-electron chi connectivity index (χ4n) is 6.66. The van der Waals surface area contributed by atoms with E-state index >= 15 is 0 Å². The third-order valence-electron chi connectivity index (χ3n) is 8.66. The minimum Gasteiger partial charge on any atom is -0.341 e. The van der Waals surface area contributed by atoms with Gasteiger partial charge in [-0.25, -0.2) is 0 Å². The summed E-state index contributed by atoms with van der Waals surface area (Å²) in [6.07, 6.45) is 14.8. The second-order valence-corrected chi connectivity index (χ2v) is 11.2. The van der Waals surface area contributed by atoms with Crippen molar-refractivity contribution in [3.8, 4) is 5.69 Å². The first kappa shape index (κ1) is 24.7. The van der Waals surface area contributed by atoms with Gasteiger partial charge in [-0.2, -0.15) is 0 Å². The Balaban J connectivity index is 1.25. The highest BCUT2D eigenvalue weighted by Gasteiger charge is 2.19. The summed E-state index contributed by atoms with van der Waals surface area (Å²) in [4.78, 5) is 2.53. The summed E-state index contributed by atoms with van der Waals surface area (Å²) >= 11 is 0. The van der Waals surface area contributed by atoms with Gasteiger partial charge in [-0.1, -0.05) is 79.4 Å². The molecule has 0 N–H and O–H groups in total. The molecule has 2 heterocycles. The van der Waals surface area contributed by atoms with Crippen molar-refractivity contribution in [2.75, 3.05) is 11.4 Å². The number of anilines is 1. The van der Waals surface area contributed by atoms with E-state index in [1.165, 1.54) is 74.0 Å². The molecule has 2 nitrogen and oxygen atoms in total. The predicted molar refractivity (Wildman–Crippen MR) is 171 cm³/mol. The summed E-state index contributed by atoms with van der Waals surface area (Å²) in [5.41, 5.74) is 11.9. The van der Waals surface area contributed by atoms with Crippen LogP contribution in [0.5, 0.6) is 0 Å². The Morgan fingerprint density at radius 3 is 2.20 bits per heavy atom. The molecule has 2 aliphatic rings. The van der Waals surface area contributed by atoms with Crippen LogP contribution in [-0.4, -0.2) is 11.1 Å². The normalized spacial score (nSPS) is 18.4. The van der Waals surface area contributed by atoms with Crippen molar-refractivity contribution in [3.05, 3.63) is 138 Å². The van der Waals surface area contributed by atoms with Crippen molar-refractivity contribution in [2.24, 2.45) is 0 Å². The van der Waals surface area contributed by atoms with Gasteiger partial charge in [0.1, 0.15) is 0 Å². The maximum Gasteiger partial charge on any atom is 0.0541 e. The van der Waals surface area contributed by atoms with E-state index < -0.39 is 0 Å². The molecule has 0 radical (unpaired) electrons. The molecule has 4 aromatic carbocycles. The molecule has 0 amide bonds.